The van der Waals surface area contributed by atoms with E-state index in [-0.39, 0.29) is 0 Å². The van der Waals surface area contributed by atoms with Gasteiger partial charge in [0.2, 0.25) is 0 Å². The lowest BCUT2D eigenvalue weighted by Crippen LogP contribution is -2.11. The Balaban J connectivity index is 2.74. The summed E-state index contributed by atoms with van der Waals surface area (Å²) in [5.41, 5.74) is 1.24. The number of hydrogen-bond donors (Lipinski definition) is 1. The Hall–Kier alpha value is -0.540. The molecule has 1 aromatic rings. The summed E-state index contributed by atoms with van der Waals surface area (Å²) in [6, 6.07) is 6.12. The Labute approximate surface area is 87.4 Å². The molecule has 0 aliphatic rings. The van der Waals surface area contributed by atoms with Crippen molar-refractivity contribution in [1.82, 2.24) is 5.32 Å². The van der Waals surface area contributed by atoms with Crippen molar-refractivity contribution in [1.29, 1.82) is 0 Å². The molecule has 0 aliphatic heterocycles. The molecule has 1 rings (SSSR count). The van der Waals surface area contributed by atoms with Gasteiger partial charge in [-0.25, -0.2) is 0 Å². The first-order chi connectivity index (χ1) is 6.27. The van der Waals surface area contributed by atoms with Crippen molar-refractivity contribution in [2.45, 2.75) is 13.5 Å². The highest BCUT2D eigenvalue weighted by Crippen LogP contribution is 2.25. The third kappa shape index (κ3) is 3.01. The smallest absolute Gasteiger partial charge is 0.133 e. The minimum absolute atomic E-state index is 0.885. The van der Waals surface area contributed by atoms with Crippen LogP contribution in [0.3, 0.4) is 0 Å². The maximum absolute atomic E-state index is 5.19. The van der Waals surface area contributed by atoms with Gasteiger partial charge in [-0.1, -0.05) is 13.0 Å². The molecule has 0 amide bonds. The van der Waals surface area contributed by atoms with Crippen LogP contribution in [0.15, 0.2) is 22.7 Å². The fourth-order valence-corrected chi connectivity index (χ4v) is 1.49. The van der Waals surface area contributed by atoms with Gasteiger partial charge in [0.05, 0.1) is 11.6 Å². The van der Waals surface area contributed by atoms with Gasteiger partial charge in [-0.15, -0.1) is 0 Å². The summed E-state index contributed by atoms with van der Waals surface area (Å²) in [4.78, 5) is 0. The Morgan fingerprint density at radius 3 is 2.85 bits per heavy atom. The molecule has 0 unspecified atom stereocenters. The van der Waals surface area contributed by atoms with Crippen molar-refractivity contribution >= 4 is 15.9 Å². The quantitative estimate of drug-likeness (QED) is 0.878. The van der Waals surface area contributed by atoms with Crippen LogP contribution in [-0.2, 0) is 6.54 Å². The highest BCUT2D eigenvalue weighted by atomic mass is 79.9. The lowest BCUT2D eigenvalue weighted by atomic mass is 10.2. The van der Waals surface area contributed by atoms with Crippen LogP contribution < -0.4 is 10.1 Å². The fourth-order valence-electron chi connectivity index (χ4n) is 1.08. The summed E-state index contributed by atoms with van der Waals surface area (Å²) < 4.78 is 6.19. The lowest BCUT2D eigenvalue weighted by molar-refractivity contribution is 0.411. The van der Waals surface area contributed by atoms with Crippen molar-refractivity contribution in [3.8, 4) is 5.75 Å². The monoisotopic (exact) mass is 243 g/mol. The van der Waals surface area contributed by atoms with Gasteiger partial charge in [-0.3, -0.25) is 0 Å². The van der Waals surface area contributed by atoms with Gasteiger partial charge < -0.3 is 10.1 Å². The van der Waals surface area contributed by atoms with Crippen molar-refractivity contribution in [2.24, 2.45) is 0 Å². The van der Waals surface area contributed by atoms with E-state index >= 15 is 0 Å². The molecule has 0 radical (unpaired) electrons. The lowest BCUT2D eigenvalue weighted by Gasteiger charge is -2.06. The Morgan fingerprint density at radius 1 is 1.46 bits per heavy atom. The van der Waals surface area contributed by atoms with Gasteiger partial charge in [0.25, 0.3) is 0 Å². The van der Waals surface area contributed by atoms with E-state index in [1.807, 2.05) is 12.1 Å². The van der Waals surface area contributed by atoms with E-state index < -0.39 is 0 Å². The van der Waals surface area contributed by atoms with Crippen LogP contribution in [-0.4, -0.2) is 13.7 Å². The second-order valence-electron chi connectivity index (χ2n) is 2.75. The summed E-state index contributed by atoms with van der Waals surface area (Å²) in [6.07, 6.45) is 0. The first kappa shape index (κ1) is 10.5. The molecule has 0 saturated carbocycles. The molecule has 2 nitrogen and oxygen atoms in total. The fraction of sp³-hybridized carbons (Fsp3) is 0.400. The maximum atomic E-state index is 5.19. The summed E-state index contributed by atoms with van der Waals surface area (Å²) in [6.45, 7) is 3.97. The number of ether oxygens (including phenoxy) is 1. The van der Waals surface area contributed by atoms with Crippen molar-refractivity contribution < 1.29 is 4.74 Å². The summed E-state index contributed by atoms with van der Waals surface area (Å²) >= 11 is 3.41. The van der Waals surface area contributed by atoms with Gasteiger partial charge in [0, 0.05) is 6.54 Å². The third-order valence-corrected chi connectivity index (χ3v) is 2.45. The zero-order valence-electron chi connectivity index (χ0n) is 7.93. The van der Waals surface area contributed by atoms with Crippen molar-refractivity contribution in [3.05, 3.63) is 28.2 Å². The molecule has 1 aromatic carbocycles. The zero-order chi connectivity index (χ0) is 9.68. The molecule has 0 aliphatic carbocycles. The minimum Gasteiger partial charge on any atom is -0.496 e. The summed E-state index contributed by atoms with van der Waals surface area (Å²) in [5, 5.41) is 3.26. The predicted octanol–water partition coefficient (Wildman–Crippen LogP) is 2.57. The van der Waals surface area contributed by atoms with Crippen LogP contribution >= 0.6 is 15.9 Å². The standard InChI is InChI=1S/C10H14BrNO/c1-3-12-7-8-4-5-9(11)10(6-8)13-2/h4-6,12H,3,7H2,1-2H3. The van der Waals surface area contributed by atoms with E-state index in [9.17, 15) is 0 Å². The number of methoxy groups -OCH3 is 1. The first-order valence-corrected chi connectivity index (χ1v) is 5.10. The van der Waals surface area contributed by atoms with Gasteiger partial charge in [-0.05, 0) is 40.2 Å². The number of benzene rings is 1. The van der Waals surface area contributed by atoms with Gasteiger partial charge in [-0.2, -0.15) is 0 Å². The van der Waals surface area contributed by atoms with Crippen LogP contribution in [0, 0.1) is 0 Å². The molecule has 0 atom stereocenters. The van der Waals surface area contributed by atoms with E-state index in [2.05, 4.69) is 34.2 Å². The van der Waals surface area contributed by atoms with Crippen molar-refractivity contribution in [3.63, 3.8) is 0 Å². The summed E-state index contributed by atoms with van der Waals surface area (Å²) in [7, 11) is 1.68. The van der Waals surface area contributed by atoms with Crippen LogP contribution in [0.4, 0.5) is 0 Å². The van der Waals surface area contributed by atoms with Gasteiger partial charge in [0.15, 0.2) is 0 Å². The molecule has 1 N–H and O–H groups in total. The van der Waals surface area contributed by atoms with E-state index in [0.29, 0.717) is 0 Å². The second kappa shape index (κ2) is 5.25. The Kier molecular flexibility index (Phi) is 4.25. The molecule has 0 saturated heterocycles. The molecule has 3 heteroatoms. The molecule has 0 heterocycles. The van der Waals surface area contributed by atoms with E-state index in [1.54, 1.807) is 7.11 Å². The predicted molar refractivity (Wildman–Crippen MR) is 58.1 cm³/mol. The minimum atomic E-state index is 0.885. The first-order valence-electron chi connectivity index (χ1n) is 4.31. The van der Waals surface area contributed by atoms with Crippen molar-refractivity contribution in [2.75, 3.05) is 13.7 Å². The average molecular weight is 244 g/mol. The molecule has 13 heavy (non-hydrogen) atoms. The highest BCUT2D eigenvalue weighted by molar-refractivity contribution is 9.10. The molecular formula is C10H14BrNO. The number of halogens is 1. The molecule has 72 valence electrons. The van der Waals surface area contributed by atoms with E-state index in [0.717, 1.165) is 23.3 Å². The second-order valence-corrected chi connectivity index (χ2v) is 3.60. The number of hydrogen-bond acceptors (Lipinski definition) is 2. The number of rotatable bonds is 4. The number of nitrogens with one attached hydrogen (secondary N) is 1. The van der Waals surface area contributed by atoms with Crippen LogP contribution in [0.25, 0.3) is 0 Å². The average Bonchev–Trinajstić information content (AvgIpc) is 2.16. The SMILES string of the molecule is CCNCc1ccc(Br)c(OC)c1. The zero-order valence-corrected chi connectivity index (χ0v) is 9.52. The maximum Gasteiger partial charge on any atom is 0.133 e. The van der Waals surface area contributed by atoms with Gasteiger partial charge >= 0.3 is 0 Å². The topological polar surface area (TPSA) is 21.3 Å². The summed E-state index contributed by atoms with van der Waals surface area (Å²) in [5.74, 6) is 0.885. The normalized spacial score (nSPS) is 10.1. The molecule has 0 fully saturated rings. The highest BCUT2D eigenvalue weighted by Gasteiger charge is 2.00. The van der Waals surface area contributed by atoms with Crippen LogP contribution in [0.5, 0.6) is 5.75 Å². The molecule has 0 aromatic heterocycles. The molecule has 0 spiro atoms. The Bertz CT molecular complexity index is 276. The van der Waals surface area contributed by atoms with Crippen LogP contribution in [0.1, 0.15) is 12.5 Å². The van der Waals surface area contributed by atoms with E-state index in [1.165, 1.54) is 5.56 Å². The third-order valence-electron chi connectivity index (χ3n) is 1.79. The van der Waals surface area contributed by atoms with Gasteiger partial charge in [0.1, 0.15) is 5.75 Å². The largest absolute Gasteiger partial charge is 0.496 e. The molecule has 0 bridgehead atoms. The molecular weight excluding hydrogens is 230 g/mol. The van der Waals surface area contributed by atoms with E-state index in [4.69, 9.17) is 4.74 Å². The van der Waals surface area contributed by atoms with Crippen LogP contribution in [0.2, 0.25) is 0 Å². The Morgan fingerprint density at radius 2 is 2.23 bits per heavy atom.